The molecule has 1 saturated heterocycles. The van der Waals surface area contributed by atoms with Gasteiger partial charge in [0.05, 0.1) is 6.10 Å². The van der Waals surface area contributed by atoms with E-state index in [4.69, 9.17) is 4.74 Å². The average molecular weight is 285 g/mol. The summed E-state index contributed by atoms with van der Waals surface area (Å²) in [6.45, 7) is 7.69. The minimum Gasteiger partial charge on any atom is -0.368 e. The lowest BCUT2D eigenvalue weighted by Crippen LogP contribution is -2.37. The Morgan fingerprint density at radius 2 is 1.90 bits per heavy atom. The molecular formula is C14H27N3O3. The summed E-state index contributed by atoms with van der Waals surface area (Å²) >= 11 is 0. The Morgan fingerprint density at radius 1 is 1.25 bits per heavy atom. The summed E-state index contributed by atoms with van der Waals surface area (Å²) in [6, 6.07) is 0. The summed E-state index contributed by atoms with van der Waals surface area (Å²) in [7, 11) is 0. The number of hydrogen-bond donors (Lipinski definition) is 2. The minimum absolute atomic E-state index is 0.0783. The third kappa shape index (κ3) is 6.34. The lowest BCUT2D eigenvalue weighted by Gasteiger charge is -2.22. The van der Waals surface area contributed by atoms with Crippen LogP contribution in [0.3, 0.4) is 0 Å². The van der Waals surface area contributed by atoms with Crippen LogP contribution in [0.15, 0.2) is 0 Å². The second-order valence-corrected chi connectivity index (χ2v) is 4.93. The van der Waals surface area contributed by atoms with Crippen molar-refractivity contribution in [2.45, 2.75) is 39.2 Å². The van der Waals surface area contributed by atoms with E-state index in [1.165, 1.54) is 0 Å². The number of ether oxygens (including phenoxy) is 1. The zero-order valence-corrected chi connectivity index (χ0v) is 12.6. The smallest absolute Gasteiger partial charge is 0.246 e. The molecule has 0 unspecified atom stereocenters. The predicted molar refractivity (Wildman–Crippen MR) is 77.4 cm³/mol. The van der Waals surface area contributed by atoms with Crippen LogP contribution >= 0.6 is 0 Å². The average Bonchev–Trinajstić information content (AvgIpc) is 2.47. The van der Waals surface area contributed by atoms with Gasteiger partial charge in [0.1, 0.15) is 6.61 Å². The van der Waals surface area contributed by atoms with Crippen molar-refractivity contribution in [1.82, 2.24) is 15.5 Å². The Morgan fingerprint density at radius 3 is 2.50 bits per heavy atom. The molecule has 0 radical (unpaired) electrons. The van der Waals surface area contributed by atoms with Crippen molar-refractivity contribution in [3.05, 3.63) is 0 Å². The van der Waals surface area contributed by atoms with Gasteiger partial charge in [0.2, 0.25) is 11.8 Å². The van der Waals surface area contributed by atoms with Gasteiger partial charge in [0, 0.05) is 26.1 Å². The number of amides is 2. The second kappa shape index (κ2) is 9.72. The third-order valence-corrected chi connectivity index (χ3v) is 3.51. The van der Waals surface area contributed by atoms with Gasteiger partial charge in [-0.25, -0.2) is 0 Å². The molecule has 116 valence electrons. The molecule has 1 aliphatic rings. The summed E-state index contributed by atoms with van der Waals surface area (Å²) < 4.78 is 5.54. The first-order chi connectivity index (χ1) is 9.67. The van der Waals surface area contributed by atoms with E-state index in [0.717, 1.165) is 25.9 Å². The van der Waals surface area contributed by atoms with Crippen LogP contribution in [0, 0.1) is 0 Å². The Labute approximate surface area is 121 Å². The summed E-state index contributed by atoms with van der Waals surface area (Å²) in [6.07, 6.45) is 2.43. The molecule has 0 atom stereocenters. The quantitative estimate of drug-likeness (QED) is 0.665. The zero-order chi connectivity index (χ0) is 14.8. The SMILES string of the molecule is CCN(CC)C(=O)CCNC(=O)COC1CCNCC1. The number of piperidine rings is 1. The molecule has 0 saturated carbocycles. The number of rotatable bonds is 8. The van der Waals surface area contributed by atoms with Gasteiger partial charge in [-0.15, -0.1) is 0 Å². The number of nitrogens with one attached hydrogen (secondary N) is 2. The second-order valence-electron chi connectivity index (χ2n) is 4.93. The van der Waals surface area contributed by atoms with Crippen LogP contribution in [0.5, 0.6) is 0 Å². The van der Waals surface area contributed by atoms with Crippen molar-refractivity contribution in [2.75, 3.05) is 39.3 Å². The van der Waals surface area contributed by atoms with Gasteiger partial charge in [-0.1, -0.05) is 0 Å². The maximum absolute atomic E-state index is 11.7. The normalized spacial score (nSPS) is 15.9. The van der Waals surface area contributed by atoms with Crippen LogP contribution in [-0.2, 0) is 14.3 Å². The molecule has 0 bridgehead atoms. The van der Waals surface area contributed by atoms with Gasteiger partial charge < -0.3 is 20.3 Å². The van der Waals surface area contributed by atoms with E-state index in [1.807, 2.05) is 13.8 Å². The van der Waals surface area contributed by atoms with Crippen molar-refractivity contribution in [2.24, 2.45) is 0 Å². The molecule has 0 aromatic heterocycles. The van der Waals surface area contributed by atoms with Crippen LogP contribution in [0.4, 0.5) is 0 Å². The van der Waals surface area contributed by atoms with Gasteiger partial charge in [0.25, 0.3) is 0 Å². The molecule has 6 heteroatoms. The van der Waals surface area contributed by atoms with Crippen molar-refractivity contribution in [1.29, 1.82) is 0 Å². The molecule has 1 heterocycles. The number of hydrogen-bond acceptors (Lipinski definition) is 4. The topological polar surface area (TPSA) is 70.7 Å². The lowest BCUT2D eigenvalue weighted by molar-refractivity contribution is -0.131. The van der Waals surface area contributed by atoms with Crippen molar-refractivity contribution < 1.29 is 14.3 Å². The summed E-state index contributed by atoms with van der Waals surface area (Å²) in [5.74, 6) is -0.0644. The Balaban J connectivity index is 2.08. The van der Waals surface area contributed by atoms with Crippen molar-refractivity contribution >= 4 is 11.8 Å². The van der Waals surface area contributed by atoms with Gasteiger partial charge in [-0.05, 0) is 39.8 Å². The van der Waals surface area contributed by atoms with Gasteiger partial charge >= 0.3 is 0 Å². The molecule has 0 aliphatic carbocycles. The van der Waals surface area contributed by atoms with E-state index < -0.39 is 0 Å². The molecule has 1 rings (SSSR count). The van der Waals surface area contributed by atoms with E-state index in [9.17, 15) is 9.59 Å². The molecule has 2 amide bonds. The largest absolute Gasteiger partial charge is 0.368 e. The molecule has 0 aromatic carbocycles. The van der Waals surface area contributed by atoms with E-state index in [0.29, 0.717) is 26.1 Å². The fourth-order valence-corrected chi connectivity index (χ4v) is 2.25. The van der Waals surface area contributed by atoms with E-state index >= 15 is 0 Å². The first-order valence-electron chi connectivity index (χ1n) is 7.54. The third-order valence-electron chi connectivity index (χ3n) is 3.51. The van der Waals surface area contributed by atoms with Crippen LogP contribution in [0.25, 0.3) is 0 Å². The summed E-state index contributed by atoms with van der Waals surface area (Å²) in [5, 5.41) is 5.98. The first kappa shape index (κ1) is 16.9. The number of nitrogens with zero attached hydrogens (tertiary/aromatic N) is 1. The Hall–Kier alpha value is -1.14. The Kier molecular flexibility index (Phi) is 8.22. The monoisotopic (exact) mass is 285 g/mol. The zero-order valence-electron chi connectivity index (χ0n) is 12.6. The standard InChI is InChI=1S/C14H27N3O3/c1-3-17(4-2)14(19)7-10-16-13(18)11-20-12-5-8-15-9-6-12/h12,15H,3-11H2,1-2H3,(H,16,18). The maximum atomic E-state index is 11.7. The maximum Gasteiger partial charge on any atom is 0.246 e. The number of carbonyl (C=O) groups is 2. The van der Waals surface area contributed by atoms with Gasteiger partial charge in [-0.3, -0.25) is 9.59 Å². The van der Waals surface area contributed by atoms with Crippen LogP contribution in [-0.4, -0.2) is 62.1 Å². The van der Waals surface area contributed by atoms with Gasteiger partial charge in [-0.2, -0.15) is 0 Å². The highest BCUT2D eigenvalue weighted by molar-refractivity contribution is 5.79. The van der Waals surface area contributed by atoms with Crippen LogP contribution in [0.2, 0.25) is 0 Å². The summed E-state index contributed by atoms with van der Waals surface area (Å²) in [5.41, 5.74) is 0. The molecule has 0 spiro atoms. The van der Waals surface area contributed by atoms with Crippen LogP contribution in [0.1, 0.15) is 33.1 Å². The highest BCUT2D eigenvalue weighted by Crippen LogP contribution is 2.06. The highest BCUT2D eigenvalue weighted by Gasteiger charge is 2.15. The lowest BCUT2D eigenvalue weighted by atomic mass is 10.1. The molecular weight excluding hydrogens is 258 g/mol. The molecule has 2 N–H and O–H groups in total. The molecule has 6 nitrogen and oxygen atoms in total. The van der Waals surface area contributed by atoms with Crippen molar-refractivity contribution in [3.8, 4) is 0 Å². The fraction of sp³-hybridized carbons (Fsp3) is 0.857. The highest BCUT2D eigenvalue weighted by atomic mass is 16.5. The Bertz CT molecular complexity index is 300. The molecule has 1 aliphatic heterocycles. The van der Waals surface area contributed by atoms with Crippen molar-refractivity contribution in [3.63, 3.8) is 0 Å². The minimum atomic E-state index is -0.143. The molecule has 0 aromatic rings. The van der Waals surface area contributed by atoms with Gasteiger partial charge in [0.15, 0.2) is 0 Å². The van der Waals surface area contributed by atoms with E-state index in [2.05, 4.69) is 10.6 Å². The predicted octanol–water partition coefficient (Wildman–Crippen LogP) is 0.130. The molecule has 1 fully saturated rings. The van der Waals surface area contributed by atoms with E-state index in [1.54, 1.807) is 4.90 Å². The van der Waals surface area contributed by atoms with E-state index in [-0.39, 0.29) is 24.5 Å². The first-order valence-corrected chi connectivity index (χ1v) is 7.54. The molecule has 20 heavy (non-hydrogen) atoms. The number of carbonyl (C=O) groups excluding carboxylic acids is 2. The fourth-order valence-electron chi connectivity index (χ4n) is 2.25. The van der Waals surface area contributed by atoms with Crippen LogP contribution < -0.4 is 10.6 Å². The summed E-state index contributed by atoms with van der Waals surface area (Å²) in [4.78, 5) is 25.1.